The van der Waals surface area contributed by atoms with Crippen LogP contribution >= 0.6 is 0 Å². The molecule has 1 aliphatic heterocycles. The van der Waals surface area contributed by atoms with Crippen molar-refractivity contribution in [1.29, 1.82) is 0 Å². The number of rotatable bonds is 36. The minimum Gasteiger partial charge on any atom is -0.394 e. The van der Waals surface area contributed by atoms with E-state index in [0.29, 0.717) is 6.42 Å². The minimum atomic E-state index is -1.57. The molecule has 6 N–H and O–H groups in total. The maximum absolute atomic E-state index is 12.9. The van der Waals surface area contributed by atoms with E-state index in [1.54, 1.807) is 6.08 Å². The first kappa shape index (κ1) is 51.2. The number of ether oxygens (including phenoxy) is 2. The molecule has 7 unspecified atom stereocenters. The third kappa shape index (κ3) is 27.4. The molecular formula is C46H83NO8. The summed E-state index contributed by atoms with van der Waals surface area (Å²) in [5.74, 6) is -0.197. The molecule has 0 saturated carbocycles. The number of amides is 1. The Balaban J connectivity index is 2.40. The lowest BCUT2D eigenvalue weighted by Gasteiger charge is -2.40. The summed E-state index contributed by atoms with van der Waals surface area (Å²) < 4.78 is 11.2. The van der Waals surface area contributed by atoms with Crippen LogP contribution in [0.3, 0.4) is 0 Å². The number of nitrogens with one attached hydrogen (secondary N) is 1. The van der Waals surface area contributed by atoms with E-state index in [1.165, 1.54) is 103 Å². The van der Waals surface area contributed by atoms with Crippen LogP contribution in [0.4, 0.5) is 0 Å². The van der Waals surface area contributed by atoms with Gasteiger partial charge in [0.1, 0.15) is 24.4 Å². The van der Waals surface area contributed by atoms with Gasteiger partial charge in [0, 0.05) is 6.42 Å². The number of hydrogen-bond acceptors (Lipinski definition) is 8. The molecular weight excluding hydrogens is 695 g/mol. The molecule has 7 atom stereocenters. The number of hydrogen-bond donors (Lipinski definition) is 6. The van der Waals surface area contributed by atoms with Gasteiger partial charge in [-0.1, -0.05) is 159 Å². The number of unbranched alkanes of at least 4 members (excludes halogenated alkanes) is 20. The van der Waals surface area contributed by atoms with Gasteiger partial charge in [-0.2, -0.15) is 0 Å². The van der Waals surface area contributed by atoms with Crippen molar-refractivity contribution >= 4 is 5.91 Å². The maximum Gasteiger partial charge on any atom is 0.220 e. The van der Waals surface area contributed by atoms with Gasteiger partial charge in [0.25, 0.3) is 0 Å². The van der Waals surface area contributed by atoms with E-state index in [9.17, 15) is 30.3 Å². The summed E-state index contributed by atoms with van der Waals surface area (Å²) in [6, 6.07) is -0.825. The predicted molar refractivity (Wildman–Crippen MR) is 226 cm³/mol. The fraction of sp³-hybridized carbons (Fsp3) is 0.804. The molecule has 1 amide bonds. The third-order valence-electron chi connectivity index (χ3n) is 10.4. The molecule has 9 heteroatoms. The van der Waals surface area contributed by atoms with Crippen molar-refractivity contribution in [3.05, 3.63) is 48.6 Å². The Bertz CT molecular complexity index is 998. The summed E-state index contributed by atoms with van der Waals surface area (Å²) in [6.45, 7) is 3.71. The molecule has 1 saturated heterocycles. The molecule has 1 aliphatic rings. The quantitative estimate of drug-likeness (QED) is 0.0273. The lowest BCUT2D eigenvalue weighted by atomic mass is 9.99. The van der Waals surface area contributed by atoms with Gasteiger partial charge < -0.3 is 40.3 Å². The lowest BCUT2D eigenvalue weighted by molar-refractivity contribution is -0.302. The van der Waals surface area contributed by atoms with Crippen LogP contribution < -0.4 is 5.32 Å². The molecule has 0 bridgehead atoms. The number of carbonyl (C=O) groups is 1. The number of allylic oxidation sites excluding steroid dienone is 7. The van der Waals surface area contributed by atoms with Gasteiger partial charge in [0.2, 0.25) is 5.91 Å². The molecule has 0 aliphatic carbocycles. The van der Waals surface area contributed by atoms with E-state index >= 15 is 0 Å². The Kier molecular flexibility index (Phi) is 33.9. The molecule has 0 aromatic heterocycles. The highest BCUT2D eigenvalue weighted by Crippen LogP contribution is 2.22. The maximum atomic E-state index is 12.9. The zero-order valence-corrected chi connectivity index (χ0v) is 34.9. The molecule has 1 fully saturated rings. The van der Waals surface area contributed by atoms with E-state index < -0.39 is 49.5 Å². The number of aliphatic hydroxyl groups excluding tert-OH is 5. The van der Waals surface area contributed by atoms with E-state index in [0.717, 1.165) is 57.8 Å². The van der Waals surface area contributed by atoms with Crippen molar-refractivity contribution in [2.24, 2.45) is 0 Å². The lowest BCUT2D eigenvalue weighted by Crippen LogP contribution is -2.60. The molecule has 0 spiro atoms. The molecule has 1 heterocycles. The van der Waals surface area contributed by atoms with Crippen LogP contribution in [-0.2, 0) is 14.3 Å². The van der Waals surface area contributed by atoms with Crippen molar-refractivity contribution in [2.75, 3.05) is 13.2 Å². The smallest absolute Gasteiger partial charge is 0.220 e. The van der Waals surface area contributed by atoms with Crippen molar-refractivity contribution in [1.82, 2.24) is 5.32 Å². The van der Waals surface area contributed by atoms with Gasteiger partial charge in [-0.15, -0.1) is 0 Å². The fourth-order valence-electron chi connectivity index (χ4n) is 6.73. The highest BCUT2D eigenvalue weighted by atomic mass is 16.7. The minimum absolute atomic E-state index is 0.197. The molecule has 9 nitrogen and oxygen atoms in total. The summed E-state index contributed by atoms with van der Waals surface area (Å²) in [6.07, 6.45) is 38.6. The highest BCUT2D eigenvalue weighted by molar-refractivity contribution is 5.76. The van der Waals surface area contributed by atoms with E-state index in [2.05, 4.69) is 55.6 Å². The average molecular weight is 778 g/mol. The normalized spacial score (nSPS) is 21.8. The Labute approximate surface area is 335 Å². The fourth-order valence-corrected chi connectivity index (χ4v) is 6.73. The number of aliphatic hydroxyl groups is 5. The van der Waals surface area contributed by atoms with Gasteiger partial charge in [-0.05, 0) is 64.2 Å². The van der Waals surface area contributed by atoms with Crippen LogP contribution in [0.25, 0.3) is 0 Å². The van der Waals surface area contributed by atoms with Gasteiger partial charge >= 0.3 is 0 Å². The SMILES string of the molecule is CCCCCC/C=C\C/C=C\CCCCCCCCCC(=O)NC(COC1OC(CO)C(O)C(O)C1O)C(O)/C=C/CC/C=C/CCCCCCCCCC. The van der Waals surface area contributed by atoms with Gasteiger partial charge in [-0.3, -0.25) is 4.79 Å². The molecule has 320 valence electrons. The van der Waals surface area contributed by atoms with Crippen LogP contribution in [0, 0.1) is 0 Å². The molecule has 0 aromatic rings. The van der Waals surface area contributed by atoms with Gasteiger partial charge in [-0.25, -0.2) is 0 Å². The second-order valence-corrected chi connectivity index (χ2v) is 15.5. The zero-order chi connectivity index (χ0) is 40.2. The summed E-state index contributed by atoms with van der Waals surface area (Å²) >= 11 is 0. The van der Waals surface area contributed by atoms with Crippen LogP contribution in [0.2, 0.25) is 0 Å². The van der Waals surface area contributed by atoms with Gasteiger partial charge in [0.15, 0.2) is 6.29 Å². The Morgan fingerprint density at radius 3 is 1.65 bits per heavy atom. The summed E-state index contributed by atoms with van der Waals surface area (Å²) in [5.41, 5.74) is 0. The zero-order valence-electron chi connectivity index (χ0n) is 34.9. The van der Waals surface area contributed by atoms with Crippen LogP contribution in [0.15, 0.2) is 48.6 Å². The largest absolute Gasteiger partial charge is 0.394 e. The van der Waals surface area contributed by atoms with Crippen molar-refractivity contribution in [3.63, 3.8) is 0 Å². The van der Waals surface area contributed by atoms with Crippen LogP contribution in [-0.4, -0.2) is 87.5 Å². The molecule has 1 rings (SSSR count). The van der Waals surface area contributed by atoms with Crippen molar-refractivity contribution in [3.8, 4) is 0 Å². The second-order valence-electron chi connectivity index (χ2n) is 15.5. The van der Waals surface area contributed by atoms with Crippen molar-refractivity contribution < 1.29 is 39.8 Å². The van der Waals surface area contributed by atoms with Crippen LogP contribution in [0.1, 0.15) is 181 Å². The Hall–Kier alpha value is -1.85. The standard InChI is InChI=1S/C46H83NO8/c1-3-5-7-9-11-13-15-17-19-20-21-22-24-26-28-30-32-34-36-42(50)47-39(38-54-46-45(53)44(52)43(51)41(37-48)55-46)40(49)35-33-31-29-27-25-23-18-16-14-12-10-8-6-4-2/h13,15,19-20,25,27,33,35,39-41,43-46,48-49,51-53H,3-12,14,16-18,21-24,26,28-32,34,36-38H2,1-2H3,(H,47,50)/b15-13-,20-19-,27-25+,35-33+. The summed E-state index contributed by atoms with van der Waals surface area (Å²) in [4.78, 5) is 12.9. The van der Waals surface area contributed by atoms with E-state index in [-0.39, 0.29) is 12.5 Å². The first-order chi connectivity index (χ1) is 26.8. The molecule has 55 heavy (non-hydrogen) atoms. The second kappa shape index (κ2) is 36.5. The van der Waals surface area contributed by atoms with Gasteiger partial charge in [0.05, 0.1) is 25.4 Å². The molecule has 0 aromatic carbocycles. The first-order valence-electron chi connectivity index (χ1n) is 22.4. The monoisotopic (exact) mass is 778 g/mol. The van der Waals surface area contributed by atoms with E-state index in [4.69, 9.17) is 9.47 Å². The van der Waals surface area contributed by atoms with E-state index in [1.807, 2.05) is 6.08 Å². The highest BCUT2D eigenvalue weighted by Gasteiger charge is 2.44. The van der Waals surface area contributed by atoms with Crippen LogP contribution in [0.5, 0.6) is 0 Å². The third-order valence-corrected chi connectivity index (χ3v) is 10.4. The predicted octanol–water partition coefficient (Wildman–Crippen LogP) is 9.06. The Morgan fingerprint density at radius 2 is 1.09 bits per heavy atom. The summed E-state index contributed by atoms with van der Waals surface area (Å²) in [7, 11) is 0. The topological polar surface area (TPSA) is 149 Å². The average Bonchev–Trinajstić information content (AvgIpc) is 3.18. The first-order valence-corrected chi connectivity index (χ1v) is 22.4. The molecule has 0 radical (unpaired) electrons. The summed E-state index contributed by atoms with van der Waals surface area (Å²) in [5, 5.41) is 54.1. The van der Waals surface area contributed by atoms with Crippen molar-refractivity contribution in [2.45, 2.75) is 224 Å². The Morgan fingerprint density at radius 1 is 0.618 bits per heavy atom. The number of carbonyl (C=O) groups excluding carboxylic acids is 1.